The molecule has 8 heteroatoms. The summed E-state index contributed by atoms with van der Waals surface area (Å²) in [6.45, 7) is 0.143. The second-order valence-corrected chi connectivity index (χ2v) is 8.05. The molecule has 5 rings (SSSR count). The van der Waals surface area contributed by atoms with Gasteiger partial charge in [0.15, 0.2) is 22.9 Å². The Morgan fingerprint density at radius 2 is 1.91 bits per heavy atom. The molecule has 0 aliphatic carbocycles. The summed E-state index contributed by atoms with van der Waals surface area (Å²) < 4.78 is 16.5. The van der Waals surface area contributed by atoms with Crippen LogP contribution in [0.1, 0.15) is 27.7 Å². The fraction of sp³-hybridized carbons (Fsp3) is 0.148. The van der Waals surface area contributed by atoms with Crippen LogP contribution in [-0.4, -0.2) is 40.9 Å². The van der Waals surface area contributed by atoms with Crippen molar-refractivity contribution in [3.05, 3.63) is 101 Å². The monoisotopic (exact) mass is 470 g/mol. The Bertz CT molecular complexity index is 1460. The zero-order valence-corrected chi connectivity index (χ0v) is 19.1. The minimum atomic E-state index is -0.856. The Kier molecular flexibility index (Phi) is 5.70. The highest BCUT2D eigenvalue weighted by atomic mass is 16.5. The molecular weight excluding hydrogens is 448 g/mol. The molecule has 1 N–H and O–H groups in total. The molecule has 0 bridgehead atoms. The van der Waals surface area contributed by atoms with Crippen LogP contribution in [0.5, 0.6) is 11.5 Å². The first kappa shape index (κ1) is 22.2. The van der Waals surface area contributed by atoms with Crippen molar-refractivity contribution in [2.24, 2.45) is 0 Å². The van der Waals surface area contributed by atoms with Crippen molar-refractivity contribution >= 4 is 22.7 Å². The number of nitrogens with zero attached hydrogens (tertiary/aromatic N) is 2. The third kappa shape index (κ3) is 3.89. The van der Waals surface area contributed by atoms with Gasteiger partial charge in [0, 0.05) is 24.3 Å². The minimum Gasteiger partial charge on any atom is -0.503 e. The molecule has 0 saturated heterocycles. The SMILES string of the molecule is COc1cccc(CN2C(=O)C(O)=C(C(=O)c3cc4cccc(OC)c4o3)C2c2cccnc2)c1. The Hall–Kier alpha value is -4.59. The number of methoxy groups -OCH3 is 2. The van der Waals surface area contributed by atoms with E-state index in [1.165, 1.54) is 12.0 Å². The van der Waals surface area contributed by atoms with Crippen molar-refractivity contribution in [3.63, 3.8) is 0 Å². The van der Waals surface area contributed by atoms with E-state index < -0.39 is 23.5 Å². The second-order valence-electron chi connectivity index (χ2n) is 8.05. The van der Waals surface area contributed by atoms with Gasteiger partial charge in [-0.1, -0.05) is 30.3 Å². The highest BCUT2D eigenvalue weighted by molar-refractivity contribution is 6.16. The van der Waals surface area contributed by atoms with Gasteiger partial charge in [-0.25, -0.2) is 0 Å². The topological polar surface area (TPSA) is 102 Å². The first-order valence-corrected chi connectivity index (χ1v) is 10.9. The maximum absolute atomic E-state index is 13.7. The number of Topliss-reactive ketones (excluding diaryl/α,β-unsaturated/α-hetero) is 1. The fourth-order valence-electron chi connectivity index (χ4n) is 4.34. The summed E-state index contributed by atoms with van der Waals surface area (Å²) in [5.74, 6) is -0.743. The van der Waals surface area contributed by atoms with E-state index in [0.29, 0.717) is 28.0 Å². The molecule has 3 heterocycles. The number of ketones is 1. The van der Waals surface area contributed by atoms with Gasteiger partial charge in [0.25, 0.3) is 5.91 Å². The summed E-state index contributed by atoms with van der Waals surface area (Å²) in [5, 5.41) is 11.6. The van der Waals surface area contributed by atoms with Gasteiger partial charge in [0.2, 0.25) is 5.78 Å². The lowest BCUT2D eigenvalue weighted by Crippen LogP contribution is -2.30. The summed E-state index contributed by atoms with van der Waals surface area (Å²) in [7, 11) is 3.07. The predicted molar refractivity (Wildman–Crippen MR) is 127 cm³/mol. The lowest BCUT2D eigenvalue weighted by Gasteiger charge is -2.26. The van der Waals surface area contributed by atoms with Crippen LogP contribution in [0.15, 0.2) is 88.8 Å². The number of aromatic nitrogens is 1. The molecule has 0 saturated carbocycles. The summed E-state index contributed by atoms with van der Waals surface area (Å²) in [4.78, 5) is 32.5. The van der Waals surface area contributed by atoms with Gasteiger partial charge in [-0.15, -0.1) is 0 Å². The number of furan rings is 1. The molecular formula is C27H22N2O6. The van der Waals surface area contributed by atoms with Gasteiger partial charge >= 0.3 is 0 Å². The van der Waals surface area contributed by atoms with E-state index in [-0.39, 0.29) is 17.9 Å². The third-order valence-electron chi connectivity index (χ3n) is 5.99. The molecule has 1 aliphatic rings. The number of amides is 1. The molecule has 176 valence electrons. The van der Waals surface area contributed by atoms with Crippen molar-refractivity contribution in [2.45, 2.75) is 12.6 Å². The summed E-state index contributed by atoms with van der Waals surface area (Å²) in [6.07, 6.45) is 3.17. The van der Waals surface area contributed by atoms with Gasteiger partial charge in [0.1, 0.15) is 5.75 Å². The van der Waals surface area contributed by atoms with E-state index in [1.807, 2.05) is 12.1 Å². The molecule has 1 atom stereocenters. The van der Waals surface area contributed by atoms with Gasteiger partial charge in [-0.3, -0.25) is 14.6 Å². The average Bonchev–Trinajstić information content (AvgIpc) is 3.44. The molecule has 8 nitrogen and oxygen atoms in total. The summed E-state index contributed by atoms with van der Waals surface area (Å²) in [5.41, 5.74) is 1.71. The van der Waals surface area contributed by atoms with Gasteiger partial charge in [0.05, 0.1) is 25.8 Å². The third-order valence-corrected chi connectivity index (χ3v) is 5.99. The van der Waals surface area contributed by atoms with E-state index in [1.54, 1.807) is 68.0 Å². The molecule has 0 fully saturated rings. The maximum atomic E-state index is 13.7. The van der Waals surface area contributed by atoms with Crippen molar-refractivity contribution in [1.29, 1.82) is 0 Å². The fourth-order valence-corrected chi connectivity index (χ4v) is 4.34. The van der Waals surface area contributed by atoms with Gasteiger partial charge in [-0.2, -0.15) is 0 Å². The number of pyridine rings is 1. The summed E-state index contributed by atoms with van der Waals surface area (Å²) in [6, 6.07) is 16.8. The molecule has 1 aliphatic heterocycles. The number of benzene rings is 2. The molecule has 0 radical (unpaired) electrons. The van der Waals surface area contributed by atoms with E-state index in [4.69, 9.17) is 13.9 Å². The van der Waals surface area contributed by atoms with E-state index in [9.17, 15) is 14.7 Å². The number of fused-ring (bicyclic) bond motifs is 1. The van der Waals surface area contributed by atoms with Crippen LogP contribution in [0.25, 0.3) is 11.0 Å². The largest absolute Gasteiger partial charge is 0.503 e. The molecule has 1 unspecified atom stereocenters. The van der Waals surface area contributed by atoms with E-state index in [2.05, 4.69) is 4.98 Å². The molecule has 35 heavy (non-hydrogen) atoms. The number of carbonyl (C=O) groups excluding carboxylic acids is 2. The van der Waals surface area contributed by atoms with Gasteiger partial charge < -0.3 is 23.9 Å². The van der Waals surface area contributed by atoms with Crippen LogP contribution in [0.2, 0.25) is 0 Å². The van der Waals surface area contributed by atoms with Crippen molar-refractivity contribution in [2.75, 3.05) is 14.2 Å². The molecule has 2 aromatic carbocycles. The normalized spacial score (nSPS) is 15.7. The smallest absolute Gasteiger partial charge is 0.290 e. The number of hydrogen-bond acceptors (Lipinski definition) is 7. The Balaban J connectivity index is 1.58. The predicted octanol–water partition coefficient (Wildman–Crippen LogP) is 4.62. The molecule has 2 aromatic heterocycles. The lowest BCUT2D eigenvalue weighted by molar-refractivity contribution is -0.130. The zero-order chi connectivity index (χ0) is 24.5. The Morgan fingerprint density at radius 1 is 1.09 bits per heavy atom. The number of rotatable bonds is 7. The first-order chi connectivity index (χ1) is 17.0. The standard InChI is InChI=1S/C27H22N2O6/c1-33-19-9-3-6-16(12-19)15-29-23(18-8-5-11-28-14-18)22(25(31)27(29)32)24(30)21-13-17-7-4-10-20(34-2)26(17)35-21/h3-14,23,31H,15H2,1-2H3. The number of hydrogen-bond donors (Lipinski definition) is 1. The van der Waals surface area contributed by atoms with Crippen LogP contribution in [-0.2, 0) is 11.3 Å². The number of ether oxygens (including phenoxy) is 2. The van der Waals surface area contributed by atoms with E-state index >= 15 is 0 Å². The number of aliphatic hydroxyl groups is 1. The van der Waals surface area contributed by atoms with Crippen LogP contribution in [0.4, 0.5) is 0 Å². The molecule has 0 spiro atoms. The lowest BCUT2D eigenvalue weighted by atomic mass is 9.96. The second kappa shape index (κ2) is 8.98. The van der Waals surface area contributed by atoms with Crippen LogP contribution in [0, 0.1) is 0 Å². The Morgan fingerprint density at radius 3 is 2.66 bits per heavy atom. The molecule has 1 amide bonds. The number of carbonyl (C=O) groups is 2. The maximum Gasteiger partial charge on any atom is 0.290 e. The van der Waals surface area contributed by atoms with Crippen molar-refractivity contribution in [1.82, 2.24) is 9.88 Å². The highest BCUT2D eigenvalue weighted by Gasteiger charge is 2.44. The average molecular weight is 470 g/mol. The Labute approximate surface area is 201 Å². The van der Waals surface area contributed by atoms with E-state index in [0.717, 1.165) is 5.56 Å². The van der Waals surface area contributed by atoms with Crippen LogP contribution in [0.3, 0.4) is 0 Å². The number of aliphatic hydroxyl groups excluding tert-OH is 1. The minimum absolute atomic E-state index is 0.00373. The number of para-hydroxylation sites is 1. The summed E-state index contributed by atoms with van der Waals surface area (Å²) >= 11 is 0. The zero-order valence-electron chi connectivity index (χ0n) is 19.1. The first-order valence-electron chi connectivity index (χ1n) is 10.9. The highest BCUT2D eigenvalue weighted by Crippen LogP contribution is 2.41. The van der Waals surface area contributed by atoms with Crippen LogP contribution < -0.4 is 9.47 Å². The van der Waals surface area contributed by atoms with Gasteiger partial charge in [-0.05, 0) is 41.5 Å². The van der Waals surface area contributed by atoms with Crippen LogP contribution >= 0.6 is 0 Å². The van der Waals surface area contributed by atoms with Crippen molar-refractivity contribution < 1.29 is 28.6 Å². The van der Waals surface area contributed by atoms with Crippen molar-refractivity contribution in [3.8, 4) is 11.5 Å². The quantitative estimate of drug-likeness (QED) is 0.393. The molecule has 4 aromatic rings.